The van der Waals surface area contributed by atoms with E-state index in [1.54, 1.807) is 7.11 Å². The lowest BCUT2D eigenvalue weighted by molar-refractivity contribution is 0.197. The molecule has 0 aliphatic heterocycles. The Hall–Kier alpha value is -1.26. The fourth-order valence-electron chi connectivity index (χ4n) is 0.680. The Morgan fingerprint density at radius 2 is 1.57 bits per heavy atom. The molecular weight excluding hydrogens is 182 g/mol. The average molecular weight is 199 g/mol. The zero-order chi connectivity index (χ0) is 10.8. The molecule has 0 aliphatic rings. The molecule has 0 aromatic heterocycles. The van der Waals surface area contributed by atoms with Crippen LogP contribution in [0.15, 0.2) is 24.3 Å². The molecule has 1 aromatic carbocycles. The van der Waals surface area contributed by atoms with Crippen molar-refractivity contribution in [1.82, 2.24) is 0 Å². The number of benzene rings is 1. The van der Waals surface area contributed by atoms with Gasteiger partial charge in [-0.1, -0.05) is 0 Å². The number of phenolic OH excluding ortho intramolecular Hbond substituents is 2. The summed E-state index contributed by atoms with van der Waals surface area (Å²) in [6, 6.07) is 5.70. The van der Waals surface area contributed by atoms with Crippen molar-refractivity contribution < 1.29 is 14.9 Å². The SMILES string of the molecule is COCCCN.Oc1ccc(O)cc1. The lowest BCUT2D eigenvalue weighted by Crippen LogP contribution is -2.01. The molecule has 0 bridgehead atoms. The zero-order valence-electron chi connectivity index (χ0n) is 8.31. The number of nitrogens with two attached hydrogens (primary N) is 1. The van der Waals surface area contributed by atoms with Crippen LogP contribution < -0.4 is 5.73 Å². The molecule has 1 rings (SSSR count). The van der Waals surface area contributed by atoms with Gasteiger partial charge in [-0.3, -0.25) is 0 Å². The summed E-state index contributed by atoms with van der Waals surface area (Å²) in [7, 11) is 1.68. The maximum Gasteiger partial charge on any atom is 0.115 e. The van der Waals surface area contributed by atoms with Crippen molar-refractivity contribution in [3.8, 4) is 11.5 Å². The fraction of sp³-hybridized carbons (Fsp3) is 0.400. The van der Waals surface area contributed by atoms with Gasteiger partial charge in [-0.25, -0.2) is 0 Å². The molecule has 4 nitrogen and oxygen atoms in total. The van der Waals surface area contributed by atoms with Gasteiger partial charge in [0.05, 0.1) is 0 Å². The van der Waals surface area contributed by atoms with Gasteiger partial charge >= 0.3 is 0 Å². The maximum atomic E-state index is 8.65. The van der Waals surface area contributed by atoms with Crippen molar-refractivity contribution in [1.29, 1.82) is 0 Å². The number of phenols is 2. The van der Waals surface area contributed by atoms with Gasteiger partial charge in [-0.2, -0.15) is 0 Å². The van der Waals surface area contributed by atoms with Crippen LogP contribution in [0.4, 0.5) is 0 Å². The summed E-state index contributed by atoms with van der Waals surface area (Å²) in [4.78, 5) is 0. The Bertz CT molecular complexity index is 198. The second-order valence-electron chi connectivity index (χ2n) is 2.65. The Morgan fingerprint density at radius 3 is 1.79 bits per heavy atom. The van der Waals surface area contributed by atoms with Gasteiger partial charge in [-0.15, -0.1) is 0 Å². The van der Waals surface area contributed by atoms with E-state index < -0.39 is 0 Å². The van der Waals surface area contributed by atoms with Crippen LogP contribution in [0.2, 0.25) is 0 Å². The van der Waals surface area contributed by atoms with E-state index in [2.05, 4.69) is 0 Å². The van der Waals surface area contributed by atoms with Crippen LogP contribution in [0.1, 0.15) is 6.42 Å². The molecule has 0 saturated carbocycles. The van der Waals surface area contributed by atoms with Crippen LogP contribution in [-0.2, 0) is 4.74 Å². The highest BCUT2D eigenvalue weighted by molar-refractivity contribution is 5.28. The third kappa shape index (κ3) is 7.39. The first-order chi connectivity index (χ1) is 6.70. The molecule has 0 amide bonds. The summed E-state index contributed by atoms with van der Waals surface area (Å²) in [5.41, 5.74) is 5.13. The third-order valence-electron chi connectivity index (χ3n) is 1.40. The molecule has 0 aliphatic carbocycles. The van der Waals surface area contributed by atoms with Gasteiger partial charge in [0.15, 0.2) is 0 Å². The Balaban J connectivity index is 0.000000255. The van der Waals surface area contributed by atoms with Crippen molar-refractivity contribution in [2.45, 2.75) is 6.42 Å². The van der Waals surface area contributed by atoms with Crippen LogP contribution in [0.25, 0.3) is 0 Å². The third-order valence-corrected chi connectivity index (χ3v) is 1.40. The maximum absolute atomic E-state index is 8.65. The number of hydrogen-bond acceptors (Lipinski definition) is 4. The summed E-state index contributed by atoms with van der Waals surface area (Å²) >= 11 is 0. The summed E-state index contributed by atoms with van der Waals surface area (Å²) < 4.78 is 4.70. The van der Waals surface area contributed by atoms with E-state index >= 15 is 0 Å². The molecule has 0 heterocycles. The van der Waals surface area contributed by atoms with Crippen LogP contribution in [-0.4, -0.2) is 30.5 Å². The average Bonchev–Trinajstić information content (AvgIpc) is 2.20. The van der Waals surface area contributed by atoms with E-state index in [1.807, 2.05) is 0 Å². The van der Waals surface area contributed by atoms with Gasteiger partial charge in [0.2, 0.25) is 0 Å². The van der Waals surface area contributed by atoms with Gasteiger partial charge in [0.1, 0.15) is 11.5 Å². The van der Waals surface area contributed by atoms with Crippen LogP contribution in [0, 0.1) is 0 Å². The normalized spacial score (nSPS) is 9.00. The molecule has 1 aromatic rings. The van der Waals surface area contributed by atoms with Crippen LogP contribution in [0.5, 0.6) is 11.5 Å². The van der Waals surface area contributed by atoms with Crippen molar-refractivity contribution >= 4 is 0 Å². The highest BCUT2D eigenvalue weighted by Gasteiger charge is 1.84. The molecule has 0 saturated heterocycles. The molecule has 0 radical (unpaired) electrons. The van der Waals surface area contributed by atoms with E-state index in [9.17, 15) is 0 Å². The lowest BCUT2D eigenvalue weighted by Gasteiger charge is -1.89. The Kier molecular flexibility index (Phi) is 7.59. The molecule has 0 fully saturated rings. The first-order valence-corrected chi connectivity index (χ1v) is 4.37. The van der Waals surface area contributed by atoms with Gasteiger partial charge in [-0.05, 0) is 37.2 Å². The number of methoxy groups -OCH3 is 1. The van der Waals surface area contributed by atoms with E-state index in [0.29, 0.717) is 0 Å². The largest absolute Gasteiger partial charge is 0.508 e. The van der Waals surface area contributed by atoms with Crippen molar-refractivity contribution in [3.63, 3.8) is 0 Å². The number of ether oxygens (including phenoxy) is 1. The summed E-state index contributed by atoms with van der Waals surface area (Å²) in [5.74, 6) is 0.339. The monoisotopic (exact) mass is 199 g/mol. The van der Waals surface area contributed by atoms with E-state index in [0.717, 1.165) is 19.6 Å². The molecule has 0 unspecified atom stereocenters. The number of aromatic hydroxyl groups is 2. The minimum Gasteiger partial charge on any atom is -0.508 e. The summed E-state index contributed by atoms with van der Waals surface area (Å²) in [6.07, 6.45) is 0.969. The number of rotatable bonds is 3. The Morgan fingerprint density at radius 1 is 1.14 bits per heavy atom. The quantitative estimate of drug-likeness (QED) is 0.503. The van der Waals surface area contributed by atoms with Gasteiger partial charge in [0.25, 0.3) is 0 Å². The highest BCUT2D eigenvalue weighted by Crippen LogP contribution is 2.13. The van der Waals surface area contributed by atoms with Crippen LogP contribution in [0.3, 0.4) is 0 Å². The van der Waals surface area contributed by atoms with Crippen molar-refractivity contribution in [2.75, 3.05) is 20.3 Å². The molecule has 0 spiro atoms. The summed E-state index contributed by atoms with van der Waals surface area (Å²) in [5, 5.41) is 17.3. The Labute approximate surface area is 83.9 Å². The molecule has 14 heavy (non-hydrogen) atoms. The van der Waals surface area contributed by atoms with Gasteiger partial charge in [0, 0.05) is 13.7 Å². The predicted octanol–water partition coefficient (Wildman–Crippen LogP) is 1.08. The molecule has 4 N–H and O–H groups in total. The smallest absolute Gasteiger partial charge is 0.115 e. The van der Waals surface area contributed by atoms with E-state index in [-0.39, 0.29) is 11.5 Å². The lowest BCUT2D eigenvalue weighted by atomic mass is 10.3. The molecule has 4 heteroatoms. The topological polar surface area (TPSA) is 75.7 Å². The minimum absolute atomic E-state index is 0.169. The molecule has 80 valence electrons. The van der Waals surface area contributed by atoms with E-state index in [1.165, 1.54) is 24.3 Å². The molecular formula is C10H17NO3. The van der Waals surface area contributed by atoms with Gasteiger partial charge < -0.3 is 20.7 Å². The molecule has 0 atom stereocenters. The second-order valence-corrected chi connectivity index (χ2v) is 2.65. The van der Waals surface area contributed by atoms with Crippen molar-refractivity contribution in [2.24, 2.45) is 5.73 Å². The highest BCUT2D eigenvalue weighted by atomic mass is 16.5. The zero-order valence-corrected chi connectivity index (χ0v) is 8.31. The number of hydrogen-bond donors (Lipinski definition) is 3. The summed E-state index contributed by atoms with van der Waals surface area (Å²) in [6.45, 7) is 1.52. The predicted molar refractivity (Wildman–Crippen MR) is 55.3 cm³/mol. The fourth-order valence-corrected chi connectivity index (χ4v) is 0.680. The van der Waals surface area contributed by atoms with E-state index in [4.69, 9.17) is 20.7 Å². The first-order valence-electron chi connectivity index (χ1n) is 4.37. The standard InChI is InChI=1S/C6H6O2.C4H11NO/c7-5-1-2-6(8)4-3-5;1-6-4-2-3-5/h1-4,7-8H;2-5H2,1H3. The van der Waals surface area contributed by atoms with Crippen molar-refractivity contribution in [3.05, 3.63) is 24.3 Å². The second kappa shape index (κ2) is 8.34. The van der Waals surface area contributed by atoms with Crippen LogP contribution >= 0.6 is 0 Å². The minimum atomic E-state index is 0.169. The first kappa shape index (κ1) is 12.7.